The highest BCUT2D eigenvalue weighted by Crippen LogP contribution is 2.31. The first-order chi connectivity index (χ1) is 15.0. The van der Waals surface area contributed by atoms with Gasteiger partial charge in [-0.3, -0.25) is 9.59 Å². The fourth-order valence-electron chi connectivity index (χ4n) is 3.85. The minimum atomic E-state index is -0.975. The molecule has 0 bridgehead atoms. The molecule has 1 aromatic rings. The van der Waals surface area contributed by atoms with Gasteiger partial charge in [0, 0.05) is 13.5 Å². The summed E-state index contributed by atoms with van der Waals surface area (Å²) in [5.74, 6) is 0.391. The minimum Gasteiger partial charge on any atom is -0.493 e. The van der Waals surface area contributed by atoms with Crippen molar-refractivity contribution < 1.29 is 28.6 Å². The highest BCUT2D eigenvalue weighted by molar-refractivity contribution is 5.94. The average molecular weight is 450 g/mol. The molecule has 3 N–H and O–H groups in total. The monoisotopic (exact) mass is 449 g/mol. The fraction of sp³-hybridized carbons (Fsp3) is 0.609. The highest BCUT2D eigenvalue weighted by Gasteiger charge is 2.43. The van der Waals surface area contributed by atoms with E-state index in [1.165, 1.54) is 14.2 Å². The van der Waals surface area contributed by atoms with Crippen LogP contribution >= 0.6 is 0 Å². The molecule has 1 unspecified atom stereocenters. The molecule has 2 rings (SSSR count). The van der Waals surface area contributed by atoms with Crippen molar-refractivity contribution in [3.8, 4) is 11.5 Å². The van der Waals surface area contributed by atoms with Crippen molar-refractivity contribution in [2.75, 3.05) is 21.3 Å². The molecule has 1 atom stereocenters. The van der Waals surface area contributed by atoms with Crippen molar-refractivity contribution in [2.24, 2.45) is 0 Å². The Morgan fingerprint density at radius 1 is 1.06 bits per heavy atom. The van der Waals surface area contributed by atoms with Crippen LogP contribution in [0.3, 0.4) is 0 Å². The van der Waals surface area contributed by atoms with Crippen LogP contribution in [0.4, 0.5) is 4.79 Å². The Hall–Kier alpha value is -2.97. The normalized spacial score (nSPS) is 15.9. The van der Waals surface area contributed by atoms with E-state index in [1.54, 1.807) is 46.0 Å². The molecule has 0 heterocycles. The molecular weight excluding hydrogens is 414 g/mol. The van der Waals surface area contributed by atoms with E-state index in [4.69, 9.17) is 14.2 Å². The lowest BCUT2D eigenvalue weighted by atomic mass is 9.95. The molecule has 0 radical (unpaired) electrons. The molecule has 1 aliphatic rings. The lowest BCUT2D eigenvalue weighted by Gasteiger charge is -2.31. The number of alkyl carbamates (subject to hydrolysis) is 1. The molecule has 0 aromatic heterocycles. The Bertz CT molecular complexity index is 828. The Morgan fingerprint density at radius 2 is 1.69 bits per heavy atom. The van der Waals surface area contributed by atoms with Gasteiger partial charge in [0.15, 0.2) is 11.5 Å². The van der Waals surface area contributed by atoms with E-state index in [2.05, 4.69) is 16.0 Å². The lowest BCUT2D eigenvalue weighted by Crippen LogP contribution is -2.61. The number of likely N-dealkylation sites (N-methyl/N-ethyl adjacent to an activating group) is 1. The molecule has 0 aliphatic heterocycles. The predicted molar refractivity (Wildman–Crippen MR) is 120 cm³/mol. The van der Waals surface area contributed by atoms with Gasteiger partial charge in [0.05, 0.1) is 14.2 Å². The highest BCUT2D eigenvalue weighted by atomic mass is 16.6. The van der Waals surface area contributed by atoms with Crippen LogP contribution in [0.5, 0.6) is 11.5 Å². The maximum atomic E-state index is 13.3. The third-order valence-electron chi connectivity index (χ3n) is 5.38. The largest absolute Gasteiger partial charge is 0.493 e. The number of carbonyl (C=O) groups excluding carboxylic acids is 3. The number of methoxy groups -OCH3 is 2. The van der Waals surface area contributed by atoms with Crippen LogP contribution < -0.4 is 25.4 Å². The van der Waals surface area contributed by atoms with Gasteiger partial charge in [0.2, 0.25) is 11.8 Å². The molecule has 9 heteroatoms. The van der Waals surface area contributed by atoms with Crippen molar-refractivity contribution >= 4 is 17.9 Å². The Labute approximate surface area is 189 Å². The first kappa shape index (κ1) is 25.3. The fourth-order valence-corrected chi connectivity index (χ4v) is 3.85. The quantitative estimate of drug-likeness (QED) is 0.561. The minimum absolute atomic E-state index is 0.176. The zero-order chi connectivity index (χ0) is 23.9. The Kier molecular flexibility index (Phi) is 8.35. The van der Waals surface area contributed by atoms with E-state index < -0.39 is 29.2 Å². The smallest absolute Gasteiger partial charge is 0.408 e. The van der Waals surface area contributed by atoms with E-state index in [1.807, 2.05) is 0 Å². The molecule has 178 valence electrons. The number of benzene rings is 1. The maximum Gasteiger partial charge on any atom is 0.408 e. The molecule has 1 saturated carbocycles. The van der Waals surface area contributed by atoms with Crippen molar-refractivity contribution in [1.82, 2.24) is 16.0 Å². The summed E-state index contributed by atoms with van der Waals surface area (Å²) in [6.45, 7) is 5.24. The molecular formula is C23H35N3O6. The molecule has 9 nitrogen and oxygen atoms in total. The van der Waals surface area contributed by atoms with Gasteiger partial charge in [0.1, 0.15) is 17.2 Å². The van der Waals surface area contributed by atoms with Gasteiger partial charge in [-0.05, 0) is 51.3 Å². The summed E-state index contributed by atoms with van der Waals surface area (Å²) in [6, 6.07) is 4.33. The van der Waals surface area contributed by atoms with Gasteiger partial charge in [-0.1, -0.05) is 18.9 Å². The summed E-state index contributed by atoms with van der Waals surface area (Å²) in [5.41, 5.74) is -0.945. The average Bonchev–Trinajstić information content (AvgIpc) is 3.20. The standard InChI is InChI=1S/C23H35N3O6/c1-22(2,3)32-21(29)25-16(13-15-9-10-17(30-5)18(14-15)31-6)19(27)26-23(20(28)24-4)11-7-8-12-23/h9-10,14,16H,7-8,11-13H2,1-6H3,(H,24,28)(H,25,29)(H,26,27). The predicted octanol–water partition coefficient (Wildman–Crippen LogP) is 2.31. The number of hydrogen-bond acceptors (Lipinski definition) is 6. The first-order valence-electron chi connectivity index (χ1n) is 10.8. The van der Waals surface area contributed by atoms with E-state index in [0.717, 1.165) is 18.4 Å². The third-order valence-corrected chi connectivity index (χ3v) is 5.38. The molecule has 1 fully saturated rings. The summed E-state index contributed by atoms with van der Waals surface area (Å²) in [6.07, 6.45) is 2.25. The van der Waals surface area contributed by atoms with Gasteiger partial charge >= 0.3 is 6.09 Å². The second kappa shape index (κ2) is 10.6. The summed E-state index contributed by atoms with van der Waals surface area (Å²) < 4.78 is 16.0. The van der Waals surface area contributed by atoms with Crippen LogP contribution in [-0.2, 0) is 20.7 Å². The maximum absolute atomic E-state index is 13.3. The van der Waals surface area contributed by atoms with Crippen molar-refractivity contribution in [1.29, 1.82) is 0 Å². The van der Waals surface area contributed by atoms with Crippen LogP contribution in [0.25, 0.3) is 0 Å². The van der Waals surface area contributed by atoms with Gasteiger partial charge < -0.3 is 30.2 Å². The van der Waals surface area contributed by atoms with E-state index in [-0.39, 0.29) is 12.3 Å². The number of hydrogen-bond donors (Lipinski definition) is 3. The Balaban J connectivity index is 2.28. The van der Waals surface area contributed by atoms with Crippen LogP contribution in [0.15, 0.2) is 18.2 Å². The molecule has 0 spiro atoms. The summed E-state index contributed by atoms with van der Waals surface area (Å²) in [7, 11) is 4.62. The van der Waals surface area contributed by atoms with Gasteiger partial charge in [-0.25, -0.2) is 4.79 Å². The zero-order valence-electron chi connectivity index (χ0n) is 19.8. The SMILES string of the molecule is CNC(=O)C1(NC(=O)C(Cc2ccc(OC)c(OC)c2)NC(=O)OC(C)(C)C)CCCC1. The third kappa shape index (κ3) is 6.51. The Morgan fingerprint density at radius 3 is 2.22 bits per heavy atom. The molecule has 1 aromatic carbocycles. The van der Waals surface area contributed by atoms with Crippen LogP contribution in [0.1, 0.15) is 52.0 Å². The lowest BCUT2D eigenvalue weighted by molar-refractivity contribution is -0.134. The number of rotatable bonds is 8. The van der Waals surface area contributed by atoms with Gasteiger partial charge in [-0.15, -0.1) is 0 Å². The van der Waals surface area contributed by atoms with Crippen molar-refractivity contribution in [2.45, 2.75) is 70.1 Å². The van der Waals surface area contributed by atoms with Crippen LogP contribution in [0, 0.1) is 0 Å². The summed E-state index contributed by atoms with van der Waals surface area (Å²) in [4.78, 5) is 38.3. The molecule has 1 aliphatic carbocycles. The van der Waals surface area contributed by atoms with Crippen molar-refractivity contribution in [3.05, 3.63) is 23.8 Å². The second-order valence-electron chi connectivity index (χ2n) is 8.95. The van der Waals surface area contributed by atoms with Crippen molar-refractivity contribution in [3.63, 3.8) is 0 Å². The van der Waals surface area contributed by atoms with E-state index in [9.17, 15) is 14.4 Å². The summed E-state index contributed by atoms with van der Waals surface area (Å²) in [5, 5.41) is 8.21. The van der Waals surface area contributed by atoms with Crippen LogP contribution in [0.2, 0.25) is 0 Å². The first-order valence-corrected chi connectivity index (χ1v) is 10.8. The number of ether oxygens (including phenoxy) is 3. The van der Waals surface area contributed by atoms with Gasteiger partial charge in [-0.2, -0.15) is 0 Å². The topological polar surface area (TPSA) is 115 Å². The second-order valence-corrected chi connectivity index (χ2v) is 8.95. The van der Waals surface area contributed by atoms with E-state index >= 15 is 0 Å². The summed E-state index contributed by atoms with van der Waals surface area (Å²) >= 11 is 0. The molecule has 3 amide bonds. The number of amides is 3. The number of nitrogens with one attached hydrogen (secondary N) is 3. The zero-order valence-corrected chi connectivity index (χ0v) is 19.8. The van der Waals surface area contributed by atoms with E-state index in [0.29, 0.717) is 24.3 Å². The van der Waals surface area contributed by atoms with Crippen LogP contribution in [-0.4, -0.2) is 56.4 Å². The molecule has 32 heavy (non-hydrogen) atoms. The number of carbonyl (C=O) groups is 3. The van der Waals surface area contributed by atoms with Gasteiger partial charge in [0.25, 0.3) is 0 Å². The molecule has 0 saturated heterocycles.